The predicted molar refractivity (Wildman–Crippen MR) is 101 cm³/mol. The lowest BCUT2D eigenvalue weighted by molar-refractivity contribution is -0.120. The highest BCUT2D eigenvalue weighted by atomic mass is 35.5. The van der Waals surface area contributed by atoms with Crippen LogP contribution in [0.1, 0.15) is 17.0 Å². The fourth-order valence-corrected chi connectivity index (χ4v) is 2.86. The lowest BCUT2D eigenvalue weighted by Gasteiger charge is -2.08. The maximum absolute atomic E-state index is 12.0. The maximum atomic E-state index is 12.0. The van der Waals surface area contributed by atoms with Gasteiger partial charge in [-0.25, -0.2) is 4.68 Å². The summed E-state index contributed by atoms with van der Waals surface area (Å²) in [4.78, 5) is 12.0. The van der Waals surface area contributed by atoms with Gasteiger partial charge in [0.25, 0.3) is 0 Å². The van der Waals surface area contributed by atoms with Crippen molar-refractivity contribution in [2.45, 2.75) is 20.3 Å². The van der Waals surface area contributed by atoms with Crippen molar-refractivity contribution in [3.05, 3.63) is 45.2 Å². The minimum absolute atomic E-state index is 0. The lowest BCUT2D eigenvalue weighted by atomic mass is 10.1. The summed E-state index contributed by atoms with van der Waals surface area (Å²) < 4.78 is 1.75. The molecule has 0 atom stereocenters. The first-order valence-electron chi connectivity index (χ1n) is 7.36. The van der Waals surface area contributed by atoms with E-state index in [1.54, 1.807) is 16.8 Å². The van der Waals surface area contributed by atoms with Crippen LogP contribution < -0.4 is 10.6 Å². The smallest absolute Gasteiger partial charge is 0.224 e. The molecule has 1 heterocycles. The van der Waals surface area contributed by atoms with E-state index >= 15 is 0 Å². The number of hydrogen-bond donors (Lipinski definition) is 2. The predicted octanol–water partition coefficient (Wildman–Crippen LogP) is 3.10. The van der Waals surface area contributed by atoms with Gasteiger partial charge < -0.3 is 10.6 Å². The molecule has 0 aliphatic heterocycles. The van der Waals surface area contributed by atoms with Crippen LogP contribution in [0.15, 0.2) is 18.2 Å². The number of rotatable bonds is 6. The number of benzene rings is 1. The van der Waals surface area contributed by atoms with Crippen LogP contribution in [0.3, 0.4) is 0 Å². The van der Waals surface area contributed by atoms with E-state index in [-0.39, 0.29) is 18.3 Å². The van der Waals surface area contributed by atoms with Gasteiger partial charge in [-0.3, -0.25) is 4.79 Å². The second-order valence-corrected chi connectivity index (χ2v) is 6.13. The van der Waals surface area contributed by atoms with Crippen molar-refractivity contribution in [1.29, 1.82) is 0 Å². The third kappa shape index (κ3) is 4.86. The first-order chi connectivity index (χ1) is 10.9. The van der Waals surface area contributed by atoms with Crippen molar-refractivity contribution in [3.8, 4) is 5.69 Å². The van der Waals surface area contributed by atoms with Crippen LogP contribution in [-0.2, 0) is 11.2 Å². The van der Waals surface area contributed by atoms with Gasteiger partial charge in [0.15, 0.2) is 0 Å². The molecule has 0 saturated carbocycles. The summed E-state index contributed by atoms with van der Waals surface area (Å²) in [6.07, 6.45) is 0.298. The molecule has 0 radical (unpaired) electrons. The monoisotopic (exact) mass is 390 g/mol. The van der Waals surface area contributed by atoms with E-state index in [1.165, 1.54) is 0 Å². The fourth-order valence-electron chi connectivity index (χ4n) is 2.37. The summed E-state index contributed by atoms with van der Waals surface area (Å²) in [6, 6.07) is 5.27. The minimum Gasteiger partial charge on any atom is -0.355 e. The summed E-state index contributed by atoms with van der Waals surface area (Å²) in [5, 5.41) is 11.5. The molecule has 1 aromatic carbocycles. The Morgan fingerprint density at radius 2 is 1.96 bits per heavy atom. The molecule has 0 aliphatic rings. The number of halogens is 3. The second-order valence-electron chi connectivity index (χ2n) is 5.29. The zero-order valence-corrected chi connectivity index (χ0v) is 16.1. The van der Waals surface area contributed by atoms with E-state index in [0.717, 1.165) is 29.2 Å². The number of aromatic nitrogens is 2. The normalized spacial score (nSPS) is 10.4. The Bertz CT molecular complexity index is 716. The number of nitrogens with one attached hydrogen (secondary N) is 2. The summed E-state index contributed by atoms with van der Waals surface area (Å²) in [5.74, 6) is -0.0202. The molecule has 2 N–H and O–H groups in total. The third-order valence-corrected chi connectivity index (χ3v) is 4.15. The van der Waals surface area contributed by atoms with Gasteiger partial charge in [-0.2, -0.15) is 5.10 Å². The van der Waals surface area contributed by atoms with Crippen molar-refractivity contribution in [1.82, 2.24) is 20.4 Å². The minimum atomic E-state index is -0.0202. The molecule has 0 spiro atoms. The highest BCUT2D eigenvalue weighted by molar-refractivity contribution is 6.35. The van der Waals surface area contributed by atoms with Gasteiger partial charge in [-0.05, 0) is 39.1 Å². The van der Waals surface area contributed by atoms with Crippen LogP contribution in [-0.4, -0.2) is 35.8 Å². The lowest BCUT2D eigenvalue weighted by Crippen LogP contribution is -2.31. The molecule has 1 amide bonds. The van der Waals surface area contributed by atoms with Gasteiger partial charge in [-0.1, -0.05) is 23.2 Å². The average molecular weight is 392 g/mol. The first-order valence-corrected chi connectivity index (χ1v) is 8.11. The highest BCUT2D eigenvalue weighted by Gasteiger charge is 2.17. The van der Waals surface area contributed by atoms with Gasteiger partial charge in [0, 0.05) is 29.4 Å². The largest absolute Gasteiger partial charge is 0.355 e. The molecule has 0 aliphatic carbocycles. The van der Waals surface area contributed by atoms with Gasteiger partial charge in [0.1, 0.15) is 0 Å². The molecule has 0 saturated heterocycles. The zero-order valence-electron chi connectivity index (χ0n) is 13.8. The number of amides is 1. The van der Waals surface area contributed by atoms with Gasteiger partial charge in [-0.15, -0.1) is 12.4 Å². The number of carbonyl (C=O) groups excluding carboxylic acids is 1. The van der Waals surface area contributed by atoms with Gasteiger partial charge in [0.05, 0.1) is 22.8 Å². The standard InChI is InChI=1S/C16H20Cl2N4O.ClH/c1-10-13(9-16(23)20-7-6-19-3)11(2)22(21-10)15-5-4-12(17)8-14(15)18;/h4-5,8,19H,6-7,9H2,1-3H3,(H,20,23);1H. The number of hydrogen-bond acceptors (Lipinski definition) is 3. The Labute approximate surface area is 158 Å². The first kappa shape index (κ1) is 20.8. The third-order valence-electron chi connectivity index (χ3n) is 3.61. The summed E-state index contributed by atoms with van der Waals surface area (Å²) in [6.45, 7) is 5.17. The summed E-state index contributed by atoms with van der Waals surface area (Å²) in [5.41, 5.74) is 3.38. The van der Waals surface area contributed by atoms with Gasteiger partial charge in [0.2, 0.25) is 5.91 Å². The molecule has 2 rings (SSSR count). The van der Waals surface area contributed by atoms with Crippen LogP contribution >= 0.6 is 35.6 Å². The van der Waals surface area contributed by atoms with Crippen LogP contribution in [0, 0.1) is 13.8 Å². The Balaban J connectivity index is 0.00000288. The summed E-state index contributed by atoms with van der Waals surface area (Å²) >= 11 is 12.2. The summed E-state index contributed by atoms with van der Waals surface area (Å²) in [7, 11) is 1.85. The van der Waals surface area contributed by atoms with Gasteiger partial charge >= 0.3 is 0 Å². The Hall–Kier alpha value is -1.27. The van der Waals surface area contributed by atoms with E-state index in [9.17, 15) is 4.79 Å². The molecule has 8 heteroatoms. The molecular formula is C16H21Cl3N4O. The molecule has 2 aromatic rings. The van der Waals surface area contributed by atoms with E-state index in [2.05, 4.69) is 15.7 Å². The number of likely N-dealkylation sites (N-methyl/N-ethyl adjacent to an activating group) is 1. The number of nitrogens with zero attached hydrogens (tertiary/aromatic N) is 2. The van der Waals surface area contributed by atoms with Crippen LogP contribution in [0.25, 0.3) is 5.69 Å². The van der Waals surface area contributed by atoms with Crippen molar-refractivity contribution < 1.29 is 4.79 Å². The molecule has 0 unspecified atom stereocenters. The number of carbonyl (C=O) groups is 1. The molecule has 1 aromatic heterocycles. The molecule has 132 valence electrons. The van der Waals surface area contributed by atoms with Crippen molar-refractivity contribution >= 4 is 41.5 Å². The second kappa shape index (κ2) is 9.28. The molecule has 5 nitrogen and oxygen atoms in total. The van der Waals surface area contributed by atoms with Crippen molar-refractivity contribution in [2.24, 2.45) is 0 Å². The topological polar surface area (TPSA) is 58.9 Å². The average Bonchev–Trinajstić information content (AvgIpc) is 2.76. The van der Waals surface area contributed by atoms with E-state index in [4.69, 9.17) is 23.2 Å². The highest BCUT2D eigenvalue weighted by Crippen LogP contribution is 2.27. The van der Waals surface area contributed by atoms with E-state index < -0.39 is 0 Å². The molecule has 0 bridgehead atoms. The number of aryl methyl sites for hydroxylation is 1. The molecule has 24 heavy (non-hydrogen) atoms. The van der Waals surface area contributed by atoms with E-state index in [1.807, 2.05) is 27.0 Å². The maximum Gasteiger partial charge on any atom is 0.224 e. The van der Waals surface area contributed by atoms with Crippen molar-refractivity contribution in [2.75, 3.05) is 20.1 Å². The van der Waals surface area contributed by atoms with Crippen LogP contribution in [0.4, 0.5) is 0 Å². The quantitative estimate of drug-likeness (QED) is 0.744. The Morgan fingerprint density at radius 1 is 1.25 bits per heavy atom. The van der Waals surface area contributed by atoms with E-state index in [0.29, 0.717) is 23.0 Å². The Morgan fingerprint density at radius 3 is 2.58 bits per heavy atom. The fraction of sp³-hybridized carbons (Fsp3) is 0.375. The zero-order chi connectivity index (χ0) is 17.0. The van der Waals surface area contributed by atoms with Crippen LogP contribution in [0.2, 0.25) is 10.0 Å². The molecule has 0 fully saturated rings. The molecular weight excluding hydrogens is 371 g/mol. The Kier molecular flexibility index (Phi) is 8.03. The SMILES string of the molecule is CNCCNC(=O)Cc1c(C)nn(-c2ccc(Cl)cc2Cl)c1C.Cl. The van der Waals surface area contributed by atoms with Crippen molar-refractivity contribution in [3.63, 3.8) is 0 Å². The van der Waals surface area contributed by atoms with Crippen LogP contribution in [0.5, 0.6) is 0 Å².